The molecule has 2 atom stereocenters. The van der Waals surface area contributed by atoms with Gasteiger partial charge in [-0.3, -0.25) is 15.2 Å². The number of rotatable bonds is 4. The zero-order valence-electron chi connectivity index (χ0n) is 16.6. The average molecular weight is 510 g/mol. The van der Waals surface area contributed by atoms with Crippen LogP contribution in [0.15, 0.2) is 51.9 Å². The van der Waals surface area contributed by atoms with Crippen LogP contribution in [0, 0.1) is 6.92 Å². The lowest BCUT2D eigenvalue weighted by atomic mass is 10.1. The molecule has 2 aromatic rings. The summed E-state index contributed by atoms with van der Waals surface area (Å²) in [5.41, 5.74) is 5.13. The third kappa shape index (κ3) is 4.52. The summed E-state index contributed by atoms with van der Waals surface area (Å²) in [4.78, 5) is 19.8. The van der Waals surface area contributed by atoms with Crippen LogP contribution in [0.25, 0.3) is 0 Å². The maximum Gasteiger partial charge on any atom is 0.262 e. The minimum Gasteiger partial charge on any atom is -0.306 e. The normalized spacial score (nSPS) is 22.1. The van der Waals surface area contributed by atoms with Gasteiger partial charge in [0.1, 0.15) is 11.3 Å². The maximum absolute atomic E-state index is 13.1. The maximum atomic E-state index is 13.1. The Bertz CT molecular complexity index is 960. The van der Waals surface area contributed by atoms with E-state index in [1.54, 1.807) is 0 Å². The zero-order chi connectivity index (χ0) is 21.3. The molecular formula is C22H23BrCl2N4O. The lowest BCUT2D eigenvalue weighted by Crippen LogP contribution is -2.51. The Morgan fingerprint density at radius 2 is 1.83 bits per heavy atom. The van der Waals surface area contributed by atoms with E-state index in [2.05, 4.69) is 21.4 Å². The van der Waals surface area contributed by atoms with Crippen molar-refractivity contribution in [2.45, 2.75) is 37.7 Å². The van der Waals surface area contributed by atoms with Gasteiger partial charge >= 0.3 is 0 Å². The van der Waals surface area contributed by atoms with E-state index in [4.69, 9.17) is 28.2 Å². The topological polar surface area (TPSA) is 47.9 Å². The first kappa shape index (κ1) is 21.6. The molecule has 158 valence electrons. The van der Waals surface area contributed by atoms with Crippen LogP contribution in [0.2, 0.25) is 5.02 Å². The number of anilines is 1. The second-order valence-electron chi connectivity index (χ2n) is 7.60. The predicted octanol–water partition coefficient (Wildman–Crippen LogP) is 5.13. The van der Waals surface area contributed by atoms with Crippen molar-refractivity contribution >= 4 is 56.6 Å². The molecule has 1 saturated heterocycles. The van der Waals surface area contributed by atoms with Crippen molar-refractivity contribution in [3.63, 3.8) is 0 Å². The fourth-order valence-electron chi connectivity index (χ4n) is 3.87. The molecule has 5 nitrogen and oxygen atoms in total. The van der Waals surface area contributed by atoms with E-state index in [0.717, 1.165) is 47.2 Å². The first-order chi connectivity index (χ1) is 14.4. The van der Waals surface area contributed by atoms with Gasteiger partial charge in [-0.1, -0.05) is 45.6 Å². The molecule has 0 saturated carbocycles. The number of halogens is 3. The molecule has 0 bridgehead atoms. The van der Waals surface area contributed by atoms with Gasteiger partial charge in [0.2, 0.25) is 0 Å². The number of piperidine rings is 1. The van der Waals surface area contributed by atoms with Crippen molar-refractivity contribution in [3.8, 4) is 0 Å². The van der Waals surface area contributed by atoms with E-state index < -0.39 is 11.5 Å². The van der Waals surface area contributed by atoms with Crippen molar-refractivity contribution in [1.82, 2.24) is 10.4 Å². The number of carbonyl (C=O) groups is 1. The molecule has 0 radical (unpaired) electrons. The number of hydrazine groups is 1. The smallest absolute Gasteiger partial charge is 0.262 e. The molecule has 1 amide bonds. The van der Waals surface area contributed by atoms with Crippen LogP contribution in [-0.4, -0.2) is 41.4 Å². The summed E-state index contributed by atoms with van der Waals surface area (Å²) in [6, 6.07) is 12.8. The van der Waals surface area contributed by atoms with E-state index in [1.165, 1.54) is 6.42 Å². The van der Waals surface area contributed by atoms with Gasteiger partial charge in [0.15, 0.2) is 6.04 Å². The number of aliphatic imine (C=N–C) groups is 1. The zero-order valence-corrected chi connectivity index (χ0v) is 19.7. The average Bonchev–Trinajstić information content (AvgIpc) is 3.06. The molecule has 8 heteroatoms. The molecule has 4 rings (SSSR count). The highest BCUT2D eigenvalue weighted by molar-refractivity contribution is 9.10. The minimum absolute atomic E-state index is 0.180. The van der Waals surface area contributed by atoms with Gasteiger partial charge in [-0.15, -0.1) is 0 Å². The number of hydrogen-bond acceptors (Lipinski definition) is 4. The molecule has 1 N–H and O–H groups in total. The molecule has 30 heavy (non-hydrogen) atoms. The Balaban J connectivity index is 1.68. The van der Waals surface area contributed by atoms with E-state index in [9.17, 15) is 4.79 Å². The summed E-state index contributed by atoms with van der Waals surface area (Å²) in [6.07, 6.45) is 3.36. The largest absolute Gasteiger partial charge is 0.306 e. The minimum atomic E-state index is -0.720. The Kier molecular flexibility index (Phi) is 6.68. The molecule has 1 fully saturated rings. The highest BCUT2D eigenvalue weighted by atomic mass is 79.9. The van der Waals surface area contributed by atoms with Crippen molar-refractivity contribution in [2.24, 2.45) is 4.99 Å². The van der Waals surface area contributed by atoms with E-state index in [-0.39, 0.29) is 5.91 Å². The summed E-state index contributed by atoms with van der Waals surface area (Å²) in [5, 5.41) is 2.63. The van der Waals surface area contributed by atoms with Gasteiger partial charge in [-0.2, -0.15) is 0 Å². The third-order valence-corrected chi connectivity index (χ3v) is 6.62. The number of amides is 1. The molecule has 0 aliphatic carbocycles. The number of aryl methyl sites for hydroxylation is 1. The number of alkyl halides is 1. The van der Waals surface area contributed by atoms with Gasteiger partial charge < -0.3 is 4.90 Å². The number of hydrogen-bond donors (Lipinski definition) is 1. The highest BCUT2D eigenvalue weighted by Crippen LogP contribution is 2.33. The van der Waals surface area contributed by atoms with Crippen LogP contribution in [0.3, 0.4) is 0 Å². The van der Waals surface area contributed by atoms with Crippen molar-refractivity contribution in [1.29, 1.82) is 0 Å². The van der Waals surface area contributed by atoms with Crippen LogP contribution in [-0.2, 0) is 4.79 Å². The molecule has 0 aromatic heterocycles. The quantitative estimate of drug-likeness (QED) is 0.459. The van der Waals surface area contributed by atoms with E-state index in [0.29, 0.717) is 10.9 Å². The second kappa shape index (κ2) is 9.27. The van der Waals surface area contributed by atoms with Gasteiger partial charge in [0.05, 0.1) is 0 Å². The second-order valence-corrected chi connectivity index (χ2v) is 9.40. The lowest BCUT2D eigenvalue weighted by molar-refractivity contribution is -0.127. The van der Waals surface area contributed by atoms with Crippen LogP contribution < -0.4 is 10.3 Å². The van der Waals surface area contributed by atoms with Crippen LogP contribution in [0.5, 0.6) is 0 Å². The SMILES string of the molecule is Cc1cc(Cl)ccc1C1=NC(C(=O)NN2CCCCC2)C(Cl)N1c1ccc(Br)cc1. The van der Waals surface area contributed by atoms with Gasteiger partial charge in [-0.25, -0.2) is 5.01 Å². The van der Waals surface area contributed by atoms with Crippen molar-refractivity contribution < 1.29 is 4.79 Å². The standard InChI is InChI=1S/C22H23BrCl2N4O/c1-14-13-16(24)7-10-18(14)21-26-19(22(30)27-28-11-3-2-4-12-28)20(25)29(21)17-8-5-15(23)6-9-17/h5-10,13,19-20H,2-4,11-12H2,1H3,(H,27,30). The molecular weight excluding hydrogens is 487 g/mol. The van der Waals surface area contributed by atoms with Crippen LogP contribution in [0.1, 0.15) is 30.4 Å². The van der Waals surface area contributed by atoms with E-state index in [1.807, 2.05) is 59.3 Å². The summed E-state index contributed by atoms with van der Waals surface area (Å²) in [6.45, 7) is 3.69. The summed E-state index contributed by atoms with van der Waals surface area (Å²) in [7, 11) is 0. The number of amidine groups is 1. The Labute approximate surface area is 195 Å². The highest BCUT2D eigenvalue weighted by Gasteiger charge is 2.41. The summed E-state index contributed by atoms with van der Waals surface area (Å²) in [5.74, 6) is 0.492. The number of nitrogens with one attached hydrogen (secondary N) is 1. The number of nitrogens with zero attached hydrogens (tertiary/aromatic N) is 3. The summed E-state index contributed by atoms with van der Waals surface area (Å²) < 4.78 is 0.970. The van der Waals surface area contributed by atoms with Crippen LogP contribution in [0.4, 0.5) is 5.69 Å². The van der Waals surface area contributed by atoms with Crippen molar-refractivity contribution in [3.05, 3.63) is 63.1 Å². The fraction of sp³-hybridized carbons (Fsp3) is 0.364. The van der Waals surface area contributed by atoms with Gasteiger partial charge in [0.25, 0.3) is 5.91 Å². The first-order valence-corrected chi connectivity index (χ1v) is 11.6. The Morgan fingerprint density at radius 1 is 1.13 bits per heavy atom. The monoisotopic (exact) mass is 508 g/mol. The van der Waals surface area contributed by atoms with E-state index >= 15 is 0 Å². The van der Waals surface area contributed by atoms with Gasteiger partial charge in [-0.05, 0) is 67.8 Å². The van der Waals surface area contributed by atoms with Crippen LogP contribution >= 0.6 is 39.1 Å². The molecule has 2 unspecified atom stereocenters. The first-order valence-electron chi connectivity index (χ1n) is 10.0. The third-order valence-electron chi connectivity index (χ3n) is 5.42. The number of benzene rings is 2. The molecule has 2 aliphatic heterocycles. The fourth-order valence-corrected chi connectivity index (χ4v) is 4.74. The number of carbonyl (C=O) groups excluding carboxylic acids is 1. The molecule has 2 aromatic carbocycles. The summed E-state index contributed by atoms with van der Waals surface area (Å²) >= 11 is 16.5. The lowest BCUT2D eigenvalue weighted by Gasteiger charge is -2.29. The Morgan fingerprint density at radius 3 is 2.50 bits per heavy atom. The Hall–Kier alpha value is -1.60. The van der Waals surface area contributed by atoms with Crippen molar-refractivity contribution in [2.75, 3.05) is 18.0 Å². The molecule has 0 spiro atoms. The molecule has 2 heterocycles. The predicted molar refractivity (Wildman–Crippen MR) is 126 cm³/mol. The van der Waals surface area contributed by atoms with Gasteiger partial charge in [0, 0.05) is 33.8 Å². The molecule has 2 aliphatic rings.